The summed E-state index contributed by atoms with van der Waals surface area (Å²) in [5, 5.41) is 5.72. The Morgan fingerprint density at radius 2 is 2.00 bits per heavy atom. The molecule has 7 heteroatoms. The van der Waals surface area contributed by atoms with Gasteiger partial charge in [-0.05, 0) is 42.3 Å². The Morgan fingerprint density at radius 1 is 1.21 bits per heavy atom. The number of nitrogens with one attached hydrogen (secondary N) is 1. The minimum atomic E-state index is -0.202. The average molecular weight is 405 g/mol. The molecule has 0 saturated carbocycles. The highest BCUT2D eigenvalue weighted by Gasteiger charge is 2.14. The third-order valence-corrected chi connectivity index (χ3v) is 5.32. The van der Waals surface area contributed by atoms with Crippen molar-refractivity contribution < 1.29 is 9.53 Å². The first-order valence-corrected chi connectivity index (χ1v) is 9.90. The van der Waals surface area contributed by atoms with Gasteiger partial charge in [0, 0.05) is 28.7 Å². The predicted octanol–water partition coefficient (Wildman–Crippen LogP) is 4.08. The van der Waals surface area contributed by atoms with Crippen molar-refractivity contribution in [3.8, 4) is 16.9 Å². The molecule has 0 aliphatic carbocycles. The molecule has 2 heterocycles. The van der Waals surface area contributed by atoms with E-state index in [1.165, 1.54) is 11.3 Å². The van der Waals surface area contributed by atoms with E-state index in [1.807, 2.05) is 54.0 Å². The van der Waals surface area contributed by atoms with Gasteiger partial charge in [0.1, 0.15) is 12.3 Å². The first-order chi connectivity index (χ1) is 14.0. The van der Waals surface area contributed by atoms with Crippen molar-refractivity contribution >= 4 is 33.3 Å². The summed E-state index contributed by atoms with van der Waals surface area (Å²) in [5.74, 6) is 0.514. The Morgan fingerprint density at radius 3 is 2.69 bits per heavy atom. The van der Waals surface area contributed by atoms with Gasteiger partial charge in [-0.15, -0.1) is 11.3 Å². The van der Waals surface area contributed by atoms with Crippen LogP contribution in [0.3, 0.4) is 0 Å². The lowest BCUT2D eigenvalue weighted by molar-refractivity contribution is -0.116. The van der Waals surface area contributed by atoms with Crippen LogP contribution in [0, 0.1) is 6.92 Å². The summed E-state index contributed by atoms with van der Waals surface area (Å²) < 4.78 is 7.02. The van der Waals surface area contributed by atoms with Crippen LogP contribution in [0.1, 0.15) is 5.56 Å². The molecule has 1 N–H and O–H groups in total. The minimum absolute atomic E-state index is 0.0678. The molecule has 2 aromatic carbocycles. The molecular formula is C22H19N3O3S. The number of aromatic nitrogens is 2. The summed E-state index contributed by atoms with van der Waals surface area (Å²) in [7, 11) is 1.60. The van der Waals surface area contributed by atoms with Crippen LogP contribution in [-0.2, 0) is 11.3 Å². The quantitative estimate of drug-likeness (QED) is 0.543. The van der Waals surface area contributed by atoms with Crippen LogP contribution in [-0.4, -0.2) is 22.6 Å². The fraction of sp³-hybridized carbons (Fsp3) is 0.136. The average Bonchev–Trinajstić information content (AvgIpc) is 3.23. The molecule has 0 fully saturated rings. The highest BCUT2D eigenvalue weighted by atomic mass is 32.1. The molecule has 0 bridgehead atoms. The molecule has 0 radical (unpaired) electrons. The van der Waals surface area contributed by atoms with E-state index in [1.54, 1.807) is 24.9 Å². The molecule has 146 valence electrons. The molecule has 29 heavy (non-hydrogen) atoms. The Kier molecular flexibility index (Phi) is 5.14. The van der Waals surface area contributed by atoms with Crippen LogP contribution in [0.25, 0.3) is 22.0 Å². The highest BCUT2D eigenvalue weighted by molar-refractivity contribution is 7.13. The van der Waals surface area contributed by atoms with Gasteiger partial charge >= 0.3 is 0 Å². The maximum atomic E-state index is 13.1. The lowest BCUT2D eigenvalue weighted by Gasteiger charge is -2.14. The van der Waals surface area contributed by atoms with E-state index in [2.05, 4.69) is 10.3 Å². The van der Waals surface area contributed by atoms with Gasteiger partial charge in [-0.1, -0.05) is 18.2 Å². The lowest BCUT2D eigenvalue weighted by atomic mass is 10.0. The van der Waals surface area contributed by atoms with Gasteiger partial charge in [0.15, 0.2) is 10.6 Å². The summed E-state index contributed by atoms with van der Waals surface area (Å²) in [6, 6.07) is 13.0. The van der Waals surface area contributed by atoms with Gasteiger partial charge in [-0.2, -0.15) is 0 Å². The molecule has 0 aliphatic rings. The van der Waals surface area contributed by atoms with Gasteiger partial charge in [0.05, 0.1) is 12.6 Å². The van der Waals surface area contributed by atoms with Crippen molar-refractivity contribution in [2.45, 2.75) is 13.5 Å². The van der Waals surface area contributed by atoms with Gasteiger partial charge < -0.3 is 14.6 Å². The molecule has 4 rings (SSSR count). The second kappa shape index (κ2) is 7.89. The van der Waals surface area contributed by atoms with E-state index in [0.29, 0.717) is 21.8 Å². The third-order valence-electron chi connectivity index (χ3n) is 4.63. The third kappa shape index (κ3) is 3.90. The number of hydrogen-bond acceptors (Lipinski definition) is 5. The van der Waals surface area contributed by atoms with E-state index < -0.39 is 0 Å². The number of thiazole rings is 1. The fourth-order valence-electron chi connectivity index (χ4n) is 3.21. The molecule has 1 amide bonds. The zero-order valence-corrected chi connectivity index (χ0v) is 16.8. The normalized spacial score (nSPS) is 10.8. The maximum absolute atomic E-state index is 13.1. The molecule has 0 atom stereocenters. The number of carbonyl (C=O) groups excluding carboxylic acids is 1. The second-order valence-electron chi connectivity index (χ2n) is 6.63. The molecule has 0 spiro atoms. The Balaban J connectivity index is 1.80. The molecule has 2 aromatic heterocycles. The van der Waals surface area contributed by atoms with Crippen LogP contribution < -0.4 is 15.5 Å². The predicted molar refractivity (Wildman–Crippen MR) is 116 cm³/mol. The monoisotopic (exact) mass is 405 g/mol. The van der Waals surface area contributed by atoms with Crippen molar-refractivity contribution in [2.24, 2.45) is 0 Å². The number of anilines is 1. The van der Waals surface area contributed by atoms with E-state index in [-0.39, 0.29) is 17.9 Å². The van der Waals surface area contributed by atoms with E-state index in [4.69, 9.17) is 4.74 Å². The maximum Gasteiger partial charge on any atom is 0.246 e. The Bertz CT molecular complexity index is 1230. The van der Waals surface area contributed by atoms with Crippen molar-refractivity contribution in [3.05, 3.63) is 76.0 Å². The first kappa shape index (κ1) is 18.9. The summed E-state index contributed by atoms with van der Waals surface area (Å²) in [5.41, 5.74) is 2.98. The summed E-state index contributed by atoms with van der Waals surface area (Å²) >= 11 is 1.36. The summed E-state index contributed by atoms with van der Waals surface area (Å²) in [4.78, 5) is 29.8. The zero-order chi connectivity index (χ0) is 20.4. The lowest BCUT2D eigenvalue weighted by Crippen LogP contribution is -2.21. The number of amides is 1. The molecule has 4 aromatic rings. The number of hydrogen-bond donors (Lipinski definition) is 1. The first-order valence-electron chi connectivity index (χ1n) is 9.03. The summed E-state index contributed by atoms with van der Waals surface area (Å²) in [6.07, 6.45) is 3.38. The van der Waals surface area contributed by atoms with Gasteiger partial charge in [0.25, 0.3) is 0 Å². The minimum Gasteiger partial charge on any atom is -0.497 e. The number of rotatable bonds is 5. The second-order valence-corrected chi connectivity index (χ2v) is 7.53. The van der Waals surface area contributed by atoms with Crippen molar-refractivity contribution in [2.75, 3.05) is 12.4 Å². The molecular weight excluding hydrogens is 386 g/mol. The number of fused-ring (bicyclic) bond motifs is 1. The smallest absolute Gasteiger partial charge is 0.246 e. The van der Waals surface area contributed by atoms with Crippen molar-refractivity contribution in [3.63, 3.8) is 0 Å². The molecule has 6 nitrogen and oxygen atoms in total. The van der Waals surface area contributed by atoms with Gasteiger partial charge in [-0.25, -0.2) is 4.98 Å². The largest absolute Gasteiger partial charge is 0.497 e. The zero-order valence-electron chi connectivity index (χ0n) is 16.0. The van der Waals surface area contributed by atoms with Crippen LogP contribution in [0.4, 0.5) is 5.13 Å². The number of ether oxygens (including phenoxy) is 1. The van der Waals surface area contributed by atoms with Gasteiger partial charge in [-0.3, -0.25) is 9.59 Å². The Hall–Kier alpha value is -3.45. The topological polar surface area (TPSA) is 73.2 Å². The number of nitrogens with zero attached hydrogens (tertiary/aromatic N) is 2. The number of pyridine rings is 1. The van der Waals surface area contributed by atoms with E-state index in [9.17, 15) is 9.59 Å². The van der Waals surface area contributed by atoms with Crippen LogP contribution in [0.5, 0.6) is 5.75 Å². The number of carbonyl (C=O) groups is 1. The van der Waals surface area contributed by atoms with Gasteiger partial charge in [0.2, 0.25) is 5.91 Å². The van der Waals surface area contributed by atoms with Crippen LogP contribution in [0.2, 0.25) is 0 Å². The number of aryl methyl sites for hydroxylation is 1. The standard InChI is InChI=1S/C22H19N3O3S/c1-14-3-8-17-19(11-14)25(13-20(26)24-22-23-9-10-29-22)12-18(21(17)27)15-4-6-16(28-2)7-5-15/h3-12H,13H2,1-2H3,(H,23,24,26). The Labute approximate surface area is 171 Å². The number of benzene rings is 2. The van der Waals surface area contributed by atoms with Crippen molar-refractivity contribution in [1.29, 1.82) is 0 Å². The summed E-state index contributed by atoms with van der Waals surface area (Å²) in [6.45, 7) is 2.03. The van der Waals surface area contributed by atoms with Crippen LogP contribution in [0.15, 0.2) is 65.0 Å². The highest BCUT2D eigenvalue weighted by Crippen LogP contribution is 2.23. The SMILES string of the molecule is COc1ccc(-c2cn(CC(=O)Nc3nccs3)c3cc(C)ccc3c2=O)cc1. The molecule has 0 unspecified atom stereocenters. The van der Waals surface area contributed by atoms with E-state index in [0.717, 1.165) is 16.6 Å². The number of methoxy groups -OCH3 is 1. The molecule has 0 aliphatic heterocycles. The fourth-order valence-corrected chi connectivity index (χ4v) is 3.75. The van der Waals surface area contributed by atoms with Crippen LogP contribution >= 0.6 is 11.3 Å². The van der Waals surface area contributed by atoms with Crippen molar-refractivity contribution in [1.82, 2.24) is 9.55 Å². The molecule has 0 saturated heterocycles. The van der Waals surface area contributed by atoms with E-state index >= 15 is 0 Å².